The van der Waals surface area contributed by atoms with Gasteiger partial charge in [-0.05, 0) is 18.6 Å². The lowest BCUT2D eigenvalue weighted by atomic mass is 10.2. The van der Waals surface area contributed by atoms with Crippen molar-refractivity contribution in [1.29, 1.82) is 0 Å². The maximum atomic E-state index is 10.8. The van der Waals surface area contributed by atoms with Crippen LogP contribution in [0.2, 0.25) is 0 Å². The fourth-order valence-electron chi connectivity index (χ4n) is 1.67. The minimum atomic E-state index is -0.439. The molecule has 0 saturated carbocycles. The Bertz CT molecular complexity index is 538. The minimum Gasteiger partial charge on any atom is -0.487 e. The molecule has 0 aliphatic heterocycles. The molecule has 0 N–H and O–H groups in total. The van der Waals surface area contributed by atoms with Crippen LogP contribution < -0.4 is 4.74 Å². The molecular weight excluding hydrogens is 234 g/mol. The summed E-state index contributed by atoms with van der Waals surface area (Å²) in [5.41, 5.74) is 0.924. The van der Waals surface area contributed by atoms with Crippen molar-refractivity contribution in [3.05, 3.63) is 52.6 Å². The number of nitro groups is 1. The number of hydrogen-bond donors (Lipinski definition) is 0. The summed E-state index contributed by atoms with van der Waals surface area (Å²) in [4.78, 5) is 14.3. The number of nitro benzene ring substituents is 1. The average Bonchev–Trinajstić information content (AvgIpc) is 2.82. The molecule has 1 aromatic heterocycles. The van der Waals surface area contributed by atoms with Gasteiger partial charge >= 0.3 is 5.69 Å². The number of hydrogen-bond acceptors (Lipinski definition) is 4. The van der Waals surface area contributed by atoms with Gasteiger partial charge in [-0.25, -0.2) is 4.98 Å². The van der Waals surface area contributed by atoms with Crippen LogP contribution in [0.25, 0.3) is 0 Å². The van der Waals surface area contributed by atoms with E-state index in [9.17, 15) is 10.1 Å². The highest BCUT2D eigenvalue weighted by Gasteiger charge is 2.15. The summed E-state index contributed by atoms with van der Waals surface area (Å²) in [5, 5.41) is 10.8. The molecule has 0 bridgehead atoms. The third-order valence-corrected chi connectivity index (χ3v) is 2.45. The van der Waals surface area contributed by atoms with Crippen LogP contribution in [0.5, 0.6) is 5.75 Å². The van der Waals surface area contributed by atoms with E-state index in [2.05, 4.69) is 4.98 Å². The Morgan fingerprint density at radius 1 is 1.50 bits per heavy atom. The second-order valence-corrected chi connectivity index (χ2v) is 3.73. The van der Waals surface area contributed by atoms with E-state index in [0.29, 0.717) is 18.9 Å². The quantitative estimate of drug-likeness (QED) is 0.600. The van der Waals surface area contributed by atoms with Gasteiger partial charge in [0.1, 0.15) is 0 Å². The summed E-state index contributed by atoms with van der Waals surface area (Å²) in [6, 6.07) is 4.89. The lowest BCUT2D eigenvalue weighted by Crippen LogP contribution is -2.01. The summed E-state index contributed by atoms with van der Waals surface area (Å²) in [7, 11) is 0. The zero-order valence-electron chi connectivity index (χ0n) is 9.94. The van der Waals surface area contributed by atoms with Crippen LogP contribution >= 0.6 is 0 Å². The lowest BCUT2D eigenvalue weighted by Gasteiger charge is -2.07. The highest BCUT2D eigenvalue weighted by molar-refractivity contribution is 5.48. The Hall–Kier alpha value is -2.37. The third-order valence-electron chi connectivity index (χ3n) is 2.45. The number of imidazole rings is 1. The van der Waals surface area contributed by atoms with Gasteiger partial charge in [0.15, 0.2) is 5.75 Å². The standard InChI is InChI=1S/C12H13N3O3/c1-2-18-12-7-10(3-4-11(12)15(16)17)8-14-6-5-13-9-14/h3-7,9H,2,8H2,1H3. The molecule has 0 fully saturated rings. The van der Waals surface area contributed by atoms with E-state index in [1.807, 2.05) is 10.8 Å². The predicted octanol–water partition coefficient (Wildman–Crippen LogP) is 2.24. The van der Waals surface area contributed by atoms with Gasteiger partial charge in [-0.2, -0.15) is 0 Å². The molecule has 0 radical (unpaired) electrons. The van der Waals surface area contributed by atoms with Crippen LogP contribution in [0.3, 0.4) is 0 Å². The number of aromatic nitrogens is 2. The Morgan fingerprint density at radius 3 is 2.94 bits per heavy atom. The fourth-order valence-corrected chi connectivity index (χ4v) is 1.67. The van der Waals surface area contributed by atoms with Crippen LogP contribution in [-0.2, 0) is 6.54 Å². The van der Waals surface area contributed by atoms with Crippen molar-refractivity contribution in [2.24, 2.45) is 0 Å². The molecule has 0 spiro atoms. The lowest BCUT2D eigenvalue weighted by molar-refractivity contribution is -0.385. The van der Waals surface area contributed by atoms with Crippen LogP contribution in [-0.4, -0.2) is 21.1 Å². The first-order valence-electron chi connectivity index (χ1n) is 5.56. The van der Waals surface area contributed by atoms with E-state index in [0.717, 1.165) is 5.56 Å². The van der Waals surface area contributed by atoms with E-state index in [1.165, 1.54) is 6.07 Å². The van der Waals surface area contributed by atoms with Crippen LogP contribution in [0, 0.1) is 10.1 Å². The number of nitrogens with zero attached hydrogens (tertiary/aromatic N) is 3. The highest BCUT2D eigenvalue weighted by atomic mass is 16.6. The summed E-state index contributed by atoms with van der Waals surface area (Å²) in [6.07, 6.45) is 5.22. The van der Waals surface area contributed by atoms with Crippen LogP contribution in [0.15, 0.2) is 36.9 Å². The Labute approximate surface area is 104 Å². The first-order chi connectivity index (χ1) is 8.70. The zero-order chi connectivity index (χ0) is 13.0. The van der Waals surface area contributed by atoms with Crippen molar-refractivity contribution in [1.82, 2.24) is 9.55 Å². The van der Waals surface area contributed by atoms with Gasteiger partial charge in [0, 0.05) is 25.0 Å². The van der Waals surface area contributed by atoms with Gasteiger partial charge in [0.25, 0.3) is 0 Å². The van der Waals surface area contributed by atoms with Crippen molar-refractivity contribution >= 4 is 5.69 Å². The van der Waals surface area contributed by atoms with Crippen molar-refractivity contribution in [2.75, 3.05) is 6.61 Å². The van der Waals surface area contributed by atoms with Gasteiger partial charge < -0.3 is 9.30 Å². The van der Waals surface area contributed by atoms with Gasteiger partial charge in [-0.3, -0.25) is 10.1 Å². The van der Waals surface area contributed by atoms with Gasteiger partial charge in [0.2, 0.25) is 0 Å². The molecule has 0 saturated heterocycles. The Balaban J connectivity index is 2.27. The summed E-state index contributed by atoms with van der Waals surface area (Å²) < 4.78 is 7.18. The normalized spacial score (nSPS) is 10.3. The summed E-state index contributed by atoms with van der Waals surface area (Å²) >= 11 is 0. The highest BCUT2D eigenvalue weighted by Crippen LogP contribution is 2.28. The maximum absolute atomic E-state index is 10.8. The summed E-state index contributed by atoms with van der Waals surface area (Å²) in [6.45, 7) is 2.81. The third kappa shape index (κ3) is 2.65. The minimum absolute atomic E-state index is 0.00812. The first-order valence-corrected chi connectivity index (χ1v) is 5.56. The SMILES string of the molecule is CCOc1cc(Cn2ccnc2)ccc1[N+](=O)[O-]. The predicted molar refractivity (Wildman–Crippen MR) is 65.6 cm³/mol. The summed E-state index contributed by atoms with van der Waals surface area (Å²) in [5.74, 6) is 0.306. The molecule has 0 unspecified atom stereocenters. The molecule has 2 aromatic rings. The van der Waals surface area contributed by atoms with Gasteiger partial charge in [0.05, 0.1) is 17.9 Å². The number of ether oxygens (including phenoxy) is 1. The molecule has 2 rings (SSSR count). The van der Waals surface area contributed by atoms with E-state index in [1.54, 1.807) is 31.6 Å². The second kappa shape index (κ2) is 5.31. The number of rotatable bonds is 5. The molecule has 0 aliphatic carbocycles. The smallest absolute Gasteiger partial charge is 0.310 e. The Morgan fingerprint density at radius 2 is 2.33 bits per heavy atom. The van der Waals surface area contributed by atoms with Crippen molar-refractivity contribution < 1.29 is 9.66 Å². The second-order valence-electron chi connectivity index (χ2n) is 3.73. The van der Waals surface area contributed by atoms with E-state index in [-0.39, 0.29) is 5.69 Å². The fraction of sp³-hybridized carbons (Fsp3) is 0.250. The Kier molecular flexibility index (Phi) is 3.57. The monoisotopic (exact) mass is 247 g/mol. The molecule has 94 valence electrons. The van der Waals surface area contributed by atoms with Crippen LogP contribution in [0.1, 0.15) is 12.5 Å². The molecule has 1 aromatic carbocycles. The van der Waals surface area contributed by atoms with Crippen molar-refractivity contribution in [3.63, 3.8) is 0 Å². The first kappa shape index (κ1) is 12.1. The zero-order valence-corrected chi connectivity index (χ0v) is 9.94. The molecule has 1 heterocycles. The van der Waals surface area contributed by atoms with E-state index < -0.39 is 4.92 Å². The van der Waals surface area contributed by atoms with Crippen LogP contribution in [0.4, 0.5) is 5.69 Å². The van der Waals surface area contributed by atoms with Gasteiger partial charge in [-0.15, -0.1) is 0 Å². The average molecular weight is 247 g/mol. The molecular formula is C12H13N3O3. The molecule has 18 heavy (non-hydrogen) atoms. The van der Waals surface area contributed by atoms with Gasteiger partial charge in [-0.1, -0.05) is 6.07 Å². The topological polar surface area (TPSA) is 70.2 Å². The molecule has 0 aliphatic rings. The van der Waals surface area contributed by atoms with E-state index in [4.69, 9.17) is 4.74 Å². The number of benzene rings is 1. The molecule has 6 nitrogen and oxygen atoms in total. The molecule has 6 heteroatoms. The largest absolute Gasteiger partial charge is 0.487 e. The molecule has 0 amide bonds. The van der Waals surface area contributed by atoms with E-state index >= 15 is 0 Å². The molecule has 0 atom stereocenters. The van der Waals surface area contributed by atoms with Crippen molar-refractivity contribution in [3.8, 4) is 5.75 Å². The van der Waals surface area contributed by atoms with Crippen molar-refractivity contribution in [2.45, 2.75) is 13.5 Å². The maximum Gasteiger partial charge on any atom is 0.310 e.